The van der Waals surface area contributed by atoms with Gasteiger partial charge in [-0.2, -0.15) is 0 Å². The smallest absolute Gasteiger partial charge is 0.193 e. The first kappa shape index (κ1) is 11.2. The third-order valence-electron chi connectivity index (χ3n) is 1.76. The van der Waals surface area contributed by atoms with Crippen LogP contribution in [0.1, 0.15) is 10.4 Å². The second-order valence-electron chi connectivity index (χ2n) is 3.28. The fraction of sp³-hybridized carbons (Fsp3) is 0.182. The van der Waals surface area contributed by atoms with Crippen molar-refractivity contribution in [3.05, 3.63) is 41.9 Å². The van der Waals surface area contributed by atoms with Crippen LogP contribution in [-0.4, -0.2) is 29.9 Å². The highest BCUT2D eigenvalue weighted by molar-refractivity contribution is 6.06. The summed E-state index contributed by atoms with van der Waals surface area (Å²) in [6.07, 6.45) is 2.70. The highest BCUT2D eigenvalue weighted by Crippen LogP contribution is 2.20. The molecule has 0 heterocycles. The van der Waals surface area contributed by atoms with E-state index in [4.69, 9.17) is 0 Å². The first-order chi connectivity index (χ1) is 7.02. The first-order valence-corrected chi connectivity index (χ1v) is 4.39. The first-order valence-electron chi connectivity index (χ1n) is 4.39. The monoisotopic (exact) mass is 209 g/mol. The van der Waals surface area contributed by atoms with Crippen molar-refractivity contribution < 1.29 is 14.3 Å². The molecule has 0 bridgehead atoms. The lowest BCUT2D eigenvalue weighted by molar-refractivity contribution is 0.103. The van der Waals surface area contributed by atoms with Gasteiger partial charge in [-0.3, -0.25) is 4.79 Å². The van der Waals surface area contributed by atoms with E-state index in [2.05, 4.69) is 0 Å². The van der Waals surface area contributed by atoms with E-state index in [1.165, 1.54) is 24.4 Å². The van der Waals surface area contributed by atoms with Crippen LogP contribution in [0, 0.1) is 5.82 Å². The lowest BCUT2D eigenvalue weighted by atomic mass is 10.1. The summed E-state index contributed by atoms with van der Waals surface area (Å²) in [6, 6.07) is 3.76. The molecule has 0 saturated carbocycles. The Labute approximate surface area is 87.4 Å². The van der Waals surface area contributed by atoms with Crippen molar-refractivity contribution in [3.63, 3.8) is 0 Å². The van der Waals surface area contributed by atoms with E-state index in [1.807, 2.05) is 0 Å². The molecule has 1 N–H and O–H groups in total. The Bertz CT molecular complexity index is 379. The number of nitrogens with zero attached hydrogens (tertiary/aromatic N) is 1. The molecule has 15 heavy (non-hydrogen) atoms. The van der Waals surface area contributed by atoms with Crippen molar-refractivity contribution >= 4 is 5.78 Å². The molecule has 0 aromatic heterocycles. The van der Waals surface area contributed by atoms with Gasteiger partial charge in [0.1, 0.15) is 11.6 Å². The van der Waals surface area contributed by atoms with Crippen molar-refractivity contribution in [2.45, 2.75) is 0 Å². The highest BCUT2D eigenvalue weighted by Gasteiger charge is 2.13. The minimum atomic E-state index is -0.719. The molecule has 3 nitrogen and oxygen atoms in total. The van der Waals surface area contributed by atoms with E-state index in [1.54, 1.807) is 19.0 Å². The summed E-state index contributed by atoms with van der Waals surface area (Å²) in [6.45, 7) is 0. The van der Waals surface area contributed by atoms with Crippen LogP contribution in [0.3, 0.4) is 0 Å². The topological polar surface area (TPSA) is 40.5 Å². The quantitative estimate of drug-likeness (QED) is 0.609. The van der Waals surface area contributed by atoms with Crippen LogP contribution >= 0.6 is 0 Å². The normalized spacial score (nSPS) is 10.6. The second kappa shape index (κ2) is 4.59. The molecule has 1 rings (SSSR count). The van der Waals surface area contributed by atoms with E-state index in [0.717, 1.165) is 6.07 Å². The molecule has 1 aromatic carbocycles. The predicted molar refractivity (Wildman–Crippen MR) is 55.2 cm³/mol. The van der Waals surface area contributed by atoms with Gasteiger partial charge in [-0.25, -0.2) is 4.39 Å². The van der Waals surface area contributed by atoms with Crippen LogP contribution < -0.4 is 0 Å². The molecule has 0 aliphatic heterocycles. The van der Waals surface area contributed by atoms with Crippen molar-refractivity contribution in [1.29, 1.82) is 0 Å². The largest absolute Gasteiger partial charge is 0.507 e. The minimum absolute atomic E-state index is 0.296. The lowest BCUT2D eigenvalue weighted by Gasteiger charge is -2.04. The number of phenols is 1. The Morgan fingerprint density at radius 1 is 1.47 bits per heavy atom. The van der Waals surface area contributed by atoms with E-state index < -0.39 is 11.6 Å². The number of hydrogen-bond donors (Lipinski definition) is 1. The fourth-order valence-corrected chi connectivity index (χ4v) is 1.06. The van der Waals surface area contributed by atoms with E-state index in [0.29, 0.717) is 0 Å². The molecule has 0 aliphatic carbocycles. The van der Waals surface area contributed by atoms with E-state index in [9.17, 15) is 14.3 Å². The Balaban J connectivity index is 3.01. The number of hydrogen-bond acceptors (Lipinski definition) is 3. The zero-order chi connectivity index (χ0) is 11.4. The van der Waals surface area contributed by atoms with Gasteiger partial charge in [0.25, 0.3) is 0 Å². The van der Waals surface area contributed by atoms with E-state index >= 15 is 0 Å². The van der Waals surface area contributed by atoms with Gasteiger partial charge >= 0.3 is 0 Å². The zero-order valence-corrected chi connectivity index (χ0v) is 8.57. The SMILES string of the molecule is CN(C)/C=C/C(=O)c1c(O)cccc1F. The average molecular weight is 209 g/mol. The summed E-state index contributed by atoms with van der Waals surface area (Å²) < 4.78 is 13.2. The molecule has 0 fully saturated rings. The van der Waals surface area contributed by atoms with Crippen LogP contribution in [0.25, 0.3) is 0 Å². The van der Waals surface area contributed by atoms with Crippen molar-refractivity contribution in [2.75, 3.05) is 14.1 Å². The minimum Gasteiger partial charge on any atom is -0.507 e. The summed E-state index contributed by atoms with van der Waals surface area (Å²) in [5, 5.41) is 9.32. The number of carbonyl (C=O) groups is 1. The zero-order valence-electron chi connectivity index (χ0n) is 8.57. The molecule has 0 spiro atoms. The number of rotatable bonds is 3. The summed E-state index contributed by atoms with van der Waals surface area (Å²) in [4.78, 5) is 13.1. The average Bonchev–Trinajstić information content (AvgIpc) is 2.14. The lowest BCUT2D eigenvalue weighted by Crippen LogP contribution is -2.04. The third-order valence-corrected chi connectivity index (χ3v) is 1.76. The van der Waals surface area contributed by atoms with Gasteiger partial charge in [0, 0.05) is 26.4 Å². The van der Waals surface area contributed by atoms with Gasteiger partial charge in [-0.15, -0.1) is 0 Å². The van der Waals surface area contributed by atoms with Crippen LogP contribution in [0.2, 0.25) is 0 Å². The number of ketones is 1. The van der Waals surface area contributed by atoms with Crippen LogP contribution in [0.5, 0.6) is 5.75 Å². The Morgan fingerprint density at radius 3 is 2.67 bits per heavy atom. The third kappa shape index (κ3) is 2.80. The summed E-state index contributed by atoms with van der Waals surface area (Å²) in [5.74, 6) is -1.62. The molecule has 1 aromatic rings. The highest BCUT2D eigenvalue weighted by atomic mass is 19.1. The van der Waals surface area contributed by atoms with Crippen LogP contribution in [0.15, 0.2) is 30.5 Å². The molecule has 0 aliphatic rings. The maximum atomic E-state index is 13.2. The summed E-state index contributed by atoms with van der Waals surface area (Å²) in [7, 11) is 3.48. The Morgan fingerprint density at radius 2 is 2.13 bits per heavy atom. The maximum Gasteiger partial charge on any atom is 0.193 e. The van der Waals surface area contributed by atoms with Crippen LogP contribution in [0.4, 0.5) is 4.39 Å². The van der Waals surface area contributed by atoms with Gasteiger partial charge in [0.15, 0.2) is 5.78 Å². The van der Waals surface area contributed by atoms with Gasteiger partial charge in [-0.1, -0.05) is 6.07 Å². The number of allylic oxidation sites excluding steroid dienone is 1. The molecule has 4 heteroatoms. The van der Waals surface area contributed by atoms with Crippen LogP contribution in [-0.2, 0) is 0 Å². The summed E-state index contributed by atoms with van der Waals surface area (Å²) >= 11 is 0. The van der Waals surface area contributed by atoms with Gasteiger partial charge in [0.05, 0.1) is 5.56 Å². The molecule has 0 atom stereocenters. The van der Waals surface area contributed by atoms with Crippen molar-refractivity contribution in [1.82, 2.24) is 4.90 Å². The van der Waals surface area contributed by atoms with E-state index in [-0.39, 0.29) is 11.3 Å². The second-order valence-corrected chi connectivity index (χ2v) is 3.28. The fourth-order valence-electron chi connectivity index (χ4n) is 1.06. The van der Waals surface area contributed by atoms with Crippen molar-refractivity contribution in [3.8, 4) is 5.75 Å². The van der Waals surface area contributed by atoms with Gasteiger partial charge in [-0.05, 0) is 12.1 Å². The number of aromatic hydroxyl groups is 1. The van der Waals surface area contributed by atoms with Gasteiger partial charge in [0.2, 0.25) is 0 Å². The molecular weight excluding hydrogens is 197 g/mol. The molecule has 0 radical (unpaired) electrons. The predicted octanol–water partition coefficient (Wildman–Crippen LogP) is 1.79. The Kier molecular flexibility index (Phi) is 3.44. The number of phenolic OH excluding ortho intramolecular Hbond substituents is 1. The molecule has 0 saturated heterocycles. The molecule has 0 unspecified atom stereocenters. The standard InChI is InChI=1S/C11H12FNO2/c1-13(2)7-6-10(15)11-8(12)4-3-5-9(11)14/h3-7,14H,1-2H3/b7-6+. The number of carbonyl (C=O) groups excluding carboxylic acids is 1. The molecule has 80 valence electrons. The number of benzene rings is 1. The maximum absolute atomic E-state index is 13.2. The number of halogens is 1. The summed E-state index contributed by atoms with van der Waals surface area (Å²) in [5.41, 5.74) is -0.296. The van der Waals surface area contributed by atoms with Gasteiger partial charge < -0.3 is 10.0 Å². The molecule has 0 amide bonds. The molecular formula is C11H12FNO2. The van der Waals surface area contributed by atoms with Crippen molar-refractivity contribution in [2.24, 2.45) is 0 Å². The Hall–Kier alpha value is -1.84.